The van der Waals surface area contributed by atoms with Gasteiger partial charge in [-0.05, 0) is 32.0 Å². The first-order valence-electron chi connectivity index (χ1n) is 5.70. The van der Waals surface area contributed by atoms with E-state index in [1.807, 2.05) is 6.92 Å². The summed E-state index contributed by atoms with van der Waals surface area (Å²) in [5, 5.41) is 11.9. The second-order valence-electron chi connectivity index (χ2n) is 3.57. The highest BCUT2D eigenvalue weighted by atomic mass is 16.5. The number of hydrogen-bond donors (Lipinski definition) is 2. The summed E-state index contributed by atoms with van der Waals surface area (Å²) in [6.45, 7) is 4.99. The molecule has 0 spiro atoms. The lowest BCUT2D eigenvalue weighted by Crippen LogP contribution is -2.17. The van der Waals surface area contributed by atoms with Crippen LogP contribution in [0.15, 0.2) is 18.3 Å². The fourth-order valence-corrected chi connectivity index (χ4v) is 1.32. The van der Waals surface area contributed by atoms with Crippen LogP contribution in [0.25, 0.3) is 0 Å². The second-order valence-corrected chi connectivity index (χ2v) is 3.57. The van der Waals surface area contributed by atoms with Gasteiger partial charge in [0.25, 0.3) is 0 Å². The number of rotatable bonds is 8. The van der Waals surface area contributed by atoms with E-state index in [1.165, 1.54) is 6.20 Å². The molecule has 0 amide bonds. The zero-order chi connectivity index (χ0) is 12.5. The summed E-state index contributed by atoms with van der Waals surface area (Å²) in [6, 6.07) is 3.28. The monoisotopic (exact) mass is 238 g/mol. The molecule has 0 aromatic carbocycles. The zero-order valence-corrected chi connectivity index (χ0v) is 9.98. The Kier molecular flexibility index (Phi) is 6.21. The number of carboxylic acid groups (broad SMARTS) is 1. The van der Waals surface area contributed by atoms with Crippen molar-refractivity contribution in [1.29, 1.82) is 0 Å². The summed E-state index contributed by atoms with van der Waals surface area (Å²) < 4.78 is 5.21. The largest absolute Gasteiger partial charge is 0.478 e. The van der Waals surface area contributed by atoms with Crippen molar-refractivity contribution < 1.29 is 14.6 Å². The Bertz CT molecular complexity index is 338. The van der Waals surface area contributed by atoms with Crippen molar-refractivity contribution in [2.75, 3.05) is 19.8 Å². The summed E-state index contributed by atoms with van der Waals surface area (Å²) in [5.41, 5.74) is 1.05. The van der Waals surface area contributed by atoms with Crippen molar-refractivity contribution in [2.24, 2.45) is 0 Å². The van der Waals surface area contributed by atoms with E-state index in [2.05, 4.69) is 10.3 Å². The number of pyridine rings is 1. The molecule has 94 valence electrons. The molecule has 1 aromatic heterocycles. The van der Waals surface area contributed by atoms with Crippen molar-refractivity contribution in [2.45, 2.75) is 19.9 Å². The molecule has 5 heteroatoms. The van der Waals surface area contributed by atoms with E-state index in [9.17, 15) is 4.79 Å². The topological polar surface area (TPSA) is 71.5 Å². The molecule has 0 aliphatic heterocycles. The molecular weight excluding hydrogens is 220 g/mol. The predicted octanol–water partition coefficient (Wildman–Crippen LogP) is 1.30. The summed E-state index contributed by atoms with van der Waals surface area (Å²) in [4.78, 5) is 14.7. The highest BCUT2D eigenvalue weighted by Gasteiger charge is 2.02. The molecule has 17 heavy (non-hydrogen) atoms. The number of aromatic nitrogens is 1. The molecule has 0 aliphatic carbocycles. The van der Waals surface area contributed by atoms with Crippen LogP contribution in [0.3, 0.4) is 0 Å². The molecule has 0 saturated carbocycles. The molecule has 0 radical (unpaired) electrons. The van der Waals surface area contributed by atoms with Gasteiger partial charge in [0.15, 0.2) is 0 Å². The quantitative estimate of drug-likeness (QED) is 0.668. The molecule has 2 N–H and O–H groups in total. The van der Waals surface area contributed by atoms with Crippen molar-refractivity contribution in [3.63, 3.8) is 0 Å². The Morgan fingerprint density at radius 3 is 2.94 bits per heavy atom. The fraction of sp³-hybridized carbons (Fsp3) is 0.500. The van der Waals surface area contributed by atoms with Crippen LogP contribution in [0, 0.1) is 0 Å². The van der Waals surface area contributed by atoms with Crippen LogP contribution in [0.2, 0.25) is 0 Å². The smallest absolute Gasteiger partial charge is 0.337 e. The van der Waals surface area contributed by atoms with Gasteiger partial charge >= 0.3 is 5.97 Å². The Morgan fingerprint density at radius 2 is 2.35 bits per heavy atom. The molecular formula is C12H18N2O3. The predicted molar refractivity (Wildman–Crippen MR) is 64.0 cm³/mol. The maximum absolute atomic E-state index is 10.6. The maximum atomic E-state index is 10.6. The minimum absolute atomic E-state index is 0.213. The van der Waals surface area contributed by atoms with Gasteiger partial charge in [-0.3, -0.25) is 4.98 Å². The molecule has 1 heterocycles. The Labute approximate surface area is 101 Å². The van der Waals surface area contributed by atoms with Crippen LogP contribution in [0.5, 0.6) is 0 Å². The van der Waals surface area contributed by atoms with Gasteiger partial charge in [-0.2, -0.15) is 0 Å². The normalized spacial score (nSPS) is 10.4. The van der Waals surface area contributed by atoms with Gasteiger partial charge in [0.05, 0.1) is 11.3 Å². The van der Waals surface area contributed by atoms with Gasteiger partial charge in [0.2, 0.25) is 0 Å². The number of ether oxygens (including phenoxy) is 1. The Hall–Kier alpha value is -1.46. The van der Waals surface area contributed by atoms with Gasteiger partial charge in [-0.25, -0.2) is 4.79 Å². The van der Waals surface area contributed by atoms with Crippen molar-refractivity contribution in [1.82, 2.24) is 10.3 Å². The Balaban J connectivity index is 2.21. The molecule has 0 bridgehead atoms. The number of hydrogen-bond acceptors (Lipinski definition) is 4. The molecule has 0 saturated heterocycles. The van der Waals surface area contributed by atoms with E-state index in [0.717, 1.165) is 31.9 Å². The summed E-state index contributed by atoms with van der Waals surface area (Å²) in [7, 11) is 0. The van der Waals surface area contributed by atoms with E-state index >= 15 is 0 Å². The molecule has 0 atom stereocenters. The lowest BCUT2D eigenvalue weighted by molar-refractivity contribution is 0.0696. The summed E-state index contributed by atoms with van der Waals surface area (Å²) >= 11 is 0. The maximum Gasteiger partial charge on any atom is 0.337 e. The average Bonchev–Trinajstić information content (AvgIpc) is 2.34. The number of carboxylic acids is 1. The molecule has 0 fully saturated rings. The van der Waals surface area contributed by atoms with Gasteiger partial charge in [0.1, 0.15) is 0 Å². The van der Waals surface area contributed by atoms with Gasteiger partial charge in [-0.15, -0.1) is 0 Å². The first kappa shape index (κ1) is 13.6. The molecule has 5 nitrogen and oxygen atoms in total. The SMILES string of the molecule is CCOCCCNCc1ccc(C(=O)O)cn1. The highest BCUT2D eigenvalue weighted by Crippen LogP contribution is 1.99. The molecule has 0 aliphatic rings. The van der Waals surface area contributed by atoms with Gasteiger partial charge in [0, 0.05) is 26.0 Å². The lowest BCUT2D eigenvalue weighted by atomic mass is 10.2. The minimum Gasteiger partial charge on any atom is -0.478 e. The third kappa shape index (κ3) is 5.42. The third-order valence-electron chi connectivity index (χ3n) is 2.22. The first-order valence-corrected chi connectivity index (χ1v) is 5.70. The minimum atomic E-state index is -0.950. The van der Waals surface area contributed by atoms with Gasteiger partial charge < -0.3 is 15.2 Å². The van der Waals surface area contributed by atoms with Crippen LogP contribution in [0.1, 0.15) is 29.4 Å². The summed E-state index contributed by atoms with van der Waals surface area (Å²) in [6.07, 6.45) is 2.33. The van der Waals surface area contributed by atoms with Crippen LogP contribution < -0.4 is 5.32 Å². The van der Waals surface area contributed by atoms with E-state index in [-0.39, 0.29) is 5.56 Å². The van der Waals surface area contributed by atoms with Crippen molar-refractivity contribution >= 4 is 5.97 Å². The summed E-state index contributed by atoms with van der Waals surface area (Å²) in [5.74, 6) is -0.950. The van der Waals surface area contributed by atoms with E-state index < -0.39 is 5.97 Å². The van der Waals surface area contributed by atoms with Crippen molar-refractivity contribution in [3.8, 4) is 0 Å². The zero-order valence-electron chi connectivity index (χ0n) is 9.98. The number of nitrogens with zero attached hydrogens (tertiary/aromatic N) is 1. The Morgan fingerprint density at radius 1 is 1.53 bits per heavy atom. The number of nitrogens with one attached hydrogen (secondary N) is 1. The van der Waals surface area contributed by atoms with Crippen LogP contribution >= 0.6 is 0 Å². The highest BCUT2D eigenvalue weighted by molar-refractivity contribution is 5.87. The van der Waals surface area contributed by atoms with E-state index in [0.29, 0.717) is 6.54 Å². The lowest BCUT2D eigenvalue weighted by Gasteiger charge is -2.04. The van der Waals surface area contributed by atoms with Crippen LogP contribution in [0.4, 0.5) is 0 Å². The number of carbonyl (C=O) groups is 1. The third-order valence-corrected chi connectivity index (χ3v) is 2.22. The first-order chi connectivity index (χ1) is 8.24. The van der Waals surface area contributed by atoms with Crippen LogP contribution in [-0.4, -0.2) is 35.8 Å². The standard InChI is InChI=1S/C12H18N2O3/c1-2-17-7-3-6-13-9-11-5-4-10(8-14-11)12(15)16/h4-5,8,13H,2-3,6-7,9H2,1H3,(H,15,16). The van der Waals surface area contributed by atoms with Crippen LogP contribution in [-0.2, 0) is 11.3 Å². The van der Waals surface area contributed by atoms with E-state index in [4.69, 9.17) is 9.84 Å². The molecule has 1 rings (SSSR count). The molecule has 1 aromatic rings. The van der Waals surface area contributed by atoms with Gasteiger partial charge in [-0.1, -0.05) is 0 Å². The fourth-order valence-electron chi connectivity index (χ4n) is 1.32. The molecule has 0 unspecified atom stereocenters. The van der Waals surface area contributed by atoms with E-state index in [1.54, 1.807) is 12.1 Å². The van der Waals surface area contributed by atoms with Crippen molar-refractivity contribution in [3.05, 3.63) is 29.6 Å². The second kappa shape index (κ2) is 7.76. The number of aromatic carboxylic acids is 1. The average molecular weight is 238 g/mol.